The number of aromatic nitrogens is 2. The van der Waals surface area contributed by atoms with E-state index in [0.717, 1.165) is 24.3 Å². The van der Waals surface area contributed by atoms with Gasteiger partial charge in [-0.15, -0.1) is 0 Å². The van der Waals surface area contributed by atoms with Crippen molar-refractivity contribution in [2.45, 2.75) is 45.3 Å². The lowest BCUT2D eigenvalue weighted by Crippen LogP contribution is -2.42. The van der Waals surface area contributed by atoms with Gasteiger partial charge < -0.3 is 14.6 Å². The van der Waals surface area contributed by atoms with E-state index in [1.165, 1.54) is 0 Å². The Balaban J connectivity index is 1.65. The lowest BCUT2D eigenvalue weighted by Gasteiger charge is -2.28. The molecule has 3 rings (SSSR count). The molecule has 0 bridgehead atoms. The number of hydrogen-bond acceptors (Lipinski definition) is 4. The molecule has 22 heavy (non-hydrogen) atoms. The van der Waals surface area contributed by atoms with Crippen molar-refractivity contribution in [3.63, 3.8) is 0 Å². The first-order valence-electron chi connectivity index (χ1n) is 7.53. The topological polar surface area (TPSA) is 71.3 Å². The third-order valence-electron chi connectivity index (χ3n) is 3.80. The van der Waals surface area contributed by atoms with E-state index >= 15 is 0 Å². The number of rotatable bonds is 5. The molecule has 2 amide bonds. The van der Waals surface area contributed by atoms with Gasteiger partial charge in [0.15, 0.2) is 0 Å². The summed E-state index contributed by atoms with van der Waals surface area (Å²) in [5.41, 5.74) is 0.808. The van der Waals surface area contributed by atoms with Crippen LogP contribution in [0.1, 0.15) is 43.1 Å². The molecule has 116 valence electrons. The van der Waals surface area contributed by atoms with Crippen molar-refractivity contribution < 1.29 is 9.21 Å². The summed E-state index contributed by atoms with van der Waals surface area (Å²) in [7, 11) is 0. The molecule has 2 aromatic heterocycles. The highest BCUT2D eigenvalue weighted by molar-refractivity contribution is 5.75. The monoisotopic (exact) mass is 300 g/mol. The van der Waals surface area contributed by atoms with Gasteiger partial charge >= 0.3 is 6.03 Å². The van der Waals surface area contributed by atoms with Crippen molar-refractivity contribution in [2.75, 3.05) is 0 Å². The standard InChI is InChI=1S/C16H20N4O2/c1-11(15-4-3-9-22-15)20(14-5-6-14)16(21)18-10-13-7-8-17-12(2)19-13/h3-4,7-9,11,14H,5-6,10H2,1-2H3,(H,18,21)/t11-/m0/s1. The van der Waals surface area contributed by atoms with Crippen LogP contribution in [0.5, 0.6) is 0 Å². The van der Waals surface area contributed by atoms with Crippen LogP contribution in [0.25, 0.3) is 0 Å². The Hall–Kier alpha value is -2.37. The van der Waals surface area contributed by atoms with Gasteiger partial charge in [-0.25, -0.2) is 14.8 Å². The van der Waals surface area contributed by atoms with Gasteiger partial charge in [-0.2, -0.15) is 0 Å². The molecule has 0 aromatic carbocycles. The zero-order chi connectivity index (χ0) is 15.5. The molecule has 0 radical (unpaired) electrons. The molecule has 1 N–H and O–H groups in total. The van der Waals surface area contributed by atoms with Crippen molar-refractivity contribution in [2.24, 2.45) is 0 Å². The van der Waals surface area contributed by atoms with Crippen molar-refractivity contribution in [3.05, 3.63) is 47.9 Å². The smallest absolute Gasteiger partial charge is 0.318 e. The third-order valence-corrected chi connectivity index (χ3v) is 3.80. The fourth-order valence-electron chi connectivity index (χ4n) is 2.54. The number of furan rings is 1. The molecule has 6 heteroatoms. The van der Waals surface area contributed by atoms with Gasteiger partial charge in [0.2, 0.25) is 0 Å². The number of carbonyl (C=O) groups is 1. The lowest BCUT2D eigenvalue weighted by molar-refractivity contribution is 0.166. The first-order chi connectivity index (χ1) is 10.6. The maximum Gasteiger partial charge on any atom is 0.318 e. The van der Waals surface area contributed by atoms with Crippen LogP contribution in [-0.4, -0.2) is 26.9 Å². The third kappa shape index (κ3) is 3.27. The van der Waals surface area contributed by atoms with Crippen LogP contribution < -0.4 is 5.32 Å². The predicted octanol–water partition coefficient (Wildman–Crippen LogP) is 2.81. The molecule has 2 heterocycles. The van der Waals surface area contributed by atoms with E-state index in [9.17, 15) is 4.79 Å². The largest absolute Gasteiger partial charge is 0.467 e. The van der Waals surface area contributed by atoms with Crippen molar-refractivity contribution in [1.29, 1.82) is 0 Å². The second-order valence-corrected chi connectivity index (χ2v) is 5.58. The maximum absolute atomic E-state index is 12.5. The Labute approximate surface area is 129 Å². The Morgan fingerprint density at radius 1 is 1.50 bits per heavy atom. The van der Waals surface area contributed by atoms with Gasteiger partial charge in [-0.05, 0) is 44.9 Å². The number of amides is 2. The van der Waals surface area contributed by atoms with Crippen LogP contribution in [0.4, 0.5) is 4.79 Å². The van der Waals surface area contributed by atoms with Crippen molar-refractivity contribution in [1.82, 2.24) is 20.2 Å². The minimum absolute atomic E-state index is 0.0744. The fourth-order valence-corrected chi connectivity index (χ4v) is 2.54. The first-order valence-corrected chi connectivity index (χ1v) is 7.53. The number of aryl methyl sites for hydroxylation is 1. The van der Waals surface area contributed by atoms with Crippen LogP contribution in [-0.2, 0) is 6.54 Å². The summed E-state index contributed by atoms with van der Waals surface area (Å²) in [6, 6.07) is 5.70. The summed E-state index contributed by atoms with van der Waals surface area (Å²) in [4.78, 5) is 22.8. The molecule has 0 spiro atoms. The number of carbonyl (C=O) groups excluding carboxylic acids is 1. The zero-order valence-corrected chi connectivity index (χ0v) is 12.8. The van der Waals surface area contributed by atoms with Gasteiger partial charge in [0, 0.05) is 12.2 Å². The second kappa shape index (κ2) is 6.17. The van der Waals surface area contributed by atoms with Gasteiger partial charge in [0.05, 0.1) is 24.5 Å². The Kier molecular flexibility index (Phi) is 4.09. The summed E-state index contributed by atoms with van der Waals surface area (Å²) in [6.07, 6.45) is 5.43. The molecular formula is C16H20N4O2. The molecule has 1 aliphatic rings. The van der Waals surface area contributed by atoms with E-state index in [-0.39, 0.29) is 12.1 Å². The maximum atomic E-state index is 12.5. The van der Waals surface area contributed by atoms with Crippen LogP contribution in [0, 0.1) is 6.92 Å². The molecule has 6 nitrogen and oxygen atoms in total. The average molecular weight is 300 g/mol. The van der Waals surface area contributed by atoms with Gasteiger partial charge in [0.25, 0.3) is 0 Å². The van der Waals surface area contributed by atoms with E-state index in [1.54, 1.807) is 12.5 Å². The van der Waals surface area contributed by atoms with Crippen molar-refractivity contribution >= 4 is 6.03 Å². The van der Waals surface area contributed by atoms with Crippen LogP contribution in [0.3, 0.4) is 0 Å². The SMILES string of the molecule is Cc1nccc(CNC(=O)N(C2CC2)[C@@H](C)c2ccco2)n1. The van der Waals surface area contributed by atoms with Gasteiger partial charge in [-0.1, -0.05) is 0 Å². The van der Waals surface area contributed by atoms with Gasteiger partial charge in [-0.3, -0.25) is 0 Å². The quantitative estimate of drug-likeness (QED) is 0.921. The lowest BCUT2D eigenvalue weighted by atomic mass is 10.2. The molecule has 0 saturated heterocycles. The molecule has 0 unspecified atom stereocenters. The number of hydrogen-bond donors (Lipinski definition) is 1. The second-order valence-electron chi connectivity index (χ2n) is 5.58. The van der Waals surface area contributed by atoms with Crippen LogP contribution in [0.2, 0.25) is 0 Å². The van der Waals surface area contributed by atoms with Crippen LogP contribution in [0.15, 0.2) is 35.1 Å². The highest BCUT2D eigenvalue weighted by Crippen LogP contribution is 2.34. The Morgan fingerprint density at radius 2 is 2.32 bits per heavy atom. The summed E-state index contributed by atoms with van der Waals surface area (Å²) in [6.45, 7) is 4.22. The van der Waals surface area contributed by atoms with E-state index in [1.807, 2.05) is 36.9 Å². The predicted molar refractivity (Wildman–Crippen MR) is 81.0 cm³/mol. The fraction of sp³-hybridized carbons (Fsp3) is 0.438. The molecule has 1 saturated carbocycles. The number of nitrogens with one attached hydrogen (secondary N) is 1. The first kappa shape index (κ1) is 14.6. The van der Waals surface area contributed by atoms with Crippen LogP contribution >= 0.6 is 0 Å². The Bertz CT molecular complexity index is 637. The van der Waals surface area contributed by atoms with E-state index in [0.29, 0.717) is 18.4 Å². The minimum Gasteiger partial charge on any atom is -0.467 e. The summed E-state index contributed by atoms with van der Waals surface area (Å²) in [5, 5.41) is 2.95. The molecule has 2 aromatic rings. The normalized spacial score (nSPS) is 15.4. The molecule has 1 aliphatic carbocycles. The molecule has 1 fully saturated rings. The van der Waals surface area contributed by atoms with Gasteiger partial charge in [0.1, 0.15) is 11.6 Å². The van der Waals surface area contributed by atoms with E-state index in [2.05, 4.69) is 15.3 Å². The molecule has 1 atom stereocenters. The van der Waals surface area contributed by atoms with E-state index < -0.39 is 0 Å². The summed E-state index contributed by atoms with van der Waals surface area (Å²) in [5.74, 6) is 1.51. The number of urea groups is 1. The highest BCUT2D eigenvalue weighted by atomic mass is 16.3. The Morgan fingerprint density at radius 3 is 2.95 bits per heavy atom. The number of nitrogens with zero attached hydrogens (tertiary/aromatic N) is 3. The molecular weight excluding hydrogens is 280 g/mol. The van der Waals surface area contributed by atoms with E-state index in [4.69, 9.17) is 4.42 Å². The van der Waals surface area contributed by atoms with Crippen molar-refractivity contribution in [3.8, 4) is 0 Å². The minimum atomic E-state index is -0.0809. The summed E-state index contributed by atoms with van der Waals surface area (Å²) >= 11 is 0. The zero-order valence-electron chi connectivity index (χ0n) is 12.8. The highest BCUT2D eigenvalue weighted by Gasteiger charge is 2.37. The molecule has 0 aliphatic heterocycles. The summed E-state index contributed by atoms with van der Waals surface area (Å²) < 4.78 is 5.44. The average Bonchev–Trinajstić information content (AvgIpc) is 3.17.